The smallest absolute Gasteiger partial charge is 0.258 e. The number of nitrogens with zero attached hydrogens (tertiary/aromatic N) is 1. The molecule has 1 aliphatic rings. The number of para-hydroxylation sites is 1. The van der Waals surface area contributed by atoms with Crippen molar-refractivity contribution in [2.24, 2.45) is 0 Å². The molecule has 0 fully saturated rings. The van der Waals surface area contributed by atoms with Crippen LogP contribution in [0.15, 0.2) is 47.4 Å². The van der Waals surface area contributed by atoms with Crippen LogP contribution in [0.5, 0.6) is 11.5 Å². The van der Waals surface area contributed by atoms with Gasteiger partial charge in [-0.05, 0) is 55.9 Å². The maximum absolute atomic E-state index is 13.2. The van der Waals surface area contributed by atoms with Crippen molar-refractivity contribution in [2.75, 3.05) is 30.4 Å². The lowest BCUT2D eigenvalue weighted by atomic mass is 10.1. The van der Waals surface area contributed by atoms with E-state index in [2.05, 4.69) is 13.0 Å². The lowest BCUT2D eigenvalue weighted by Crippen LogP contribution is -2.31. The molecule has 0 saturated heterocycles. The summed E-state index contributed by atoms with van der Waals surface area (Å²) in [5.74, 6) is 2.35. The first kappa shape index (κ1) is 18.6. The predicted molar refractivity (Wildman–Crippen MR) is 107 cm³/mol. The van der Waals surface area contributed by atoms with Crippen LogP contribution in [-0.4, -0.2) is 31.4 Å². The third-order valence-corrected chi connectivity index (χ3v) is 5.29. The second-order valence-electron chi connectivity index (χ2n) is 6.07. The normalized spacial score (nSPS) is 13.7. The second kappa shape index (κ2) is 8.99. The molecule has 1 amide bonds. The molecule has 1 heterocycles. The van der Waals surface area contributed by atoms with Crippen LogP contribution in [0.2, 0.25) is 0 Å². The van der Waals surface area contributed by atoms with Gasteiger partial charge in [0.2, 0.25) is 0 Å². The first-order valence-corrected chi connectivity index (χ1v) is 10.2. The molecule has 3 rings (SSSR count). The number of hydrogen-bond donors (Lipinski definition) is 0. The average molecular weight is 372 g/mol. The molecular weight excluding hydrogens is 346 g/mol. The van der Waals surface area contributed by atoms with Gasteiger partial charge in [-0.2, -0.15) is 0 Å². The van der Waals surface area contributed by atoms with E-state index in [1.54, 1.807) is 6.07 Å². The zero-order valence-electron chi connectivity index (χ0n) is 15.4. The molecule has 0 saturated carbocycles. The van der Waals surface area contributed by atoms with Crippen LogP contribution >= 0.6 is 11.8 Å². The minimum absolute atomic E-state index is 0.00273. The first-order valence-electron chi connectivity index (χ1n) is 9.18. The fourth-order valence-electron chi connectivity index (χ4n) is 2.93. The molecule has 2 aromatic carbocycles. The van der Waals surface area contributed by atoms with Crippen LogP contribution in [0.4, 0.5) is 5.69 Å². The van der Waals surface area contributed by atoms with Crippen molar-refractivity contribution < 1.29 is 14.3 Å². The number of anilines is 1. The Morgan fingerprint density at radius 2 is 1.96 bits per heavy atom. The summed E-state index contributed by atoms with van der Waals surface area (Å²) >= 11 is 1.81. The number of amides is 1. The topological polar surface area (TPSA) is 38.8 Å². The van der Waals surface area contributed by atoms with Crippen molar-refractivity contribution in [3.63, 3.8) is 0 Å². The molecule has 2 aromatic rings. The van der Waals surface area contributed by atoms with Crippen molar-refractivity contribution in [2.45, 2.75) is 31.6 Å². The van der Waals surface area contributed by atoms with Crippen molar-refractivity contribution in [1.29, 1.82) is 0 Å². The SMILES string of the molecule is CCCOc1ccc(C(=O)N2CCCSc3ccccc32)cc1OCC. The fourth-order valence-corrected chi connectivity index (χ4v) is 3.93. The third-order valence-electron chi connectivity index (χ3n) is 4.14. The van der Waals surface area contributed by atoms with Gasteiger partial charge in [0.1, 0.15) is 0 Å². The number of fused-ring (bicyclic) bond motifs is 1. The monoisotopic (exact) mass is 371 g/mol. The largest absolute Gasteiger partial charge is 0.490 e. The number of benzene rings is 2. The summed E-state index contributed by atoms with van der Waals surface area (Å²) < 4.78 is 11.4. The summed E-state index contributed by atoms with van der Waals surface area (Å²) in [4.78, 5) is 16.3. The summed E-state index contributed by atoms with van der Waals surface area (Å²) in [7, 11) is 0. The Kier molecular flexibility index (Phi) is 6.45. The third kappa shape index (κ3) is 4.15. The number of hydrogen-bond acceptors (Lipinski definition) is 4. The van der Waals surface area contributed by atoms with Crippen molar-refractivity contribution in [3.05, 3.63) is 48.0 Å². The van der Waals surface area contributed by atoms with Crippen molar-refractivity contribution in [3.8, 4) is 11.5 Å². The van der Waals surface area contributed by atoms with Gasteiger partial charge in [0.25, 0.3) is 5.91 Å². The zero-order valence-corrected chi connectivity index (χ0v) is 16.2. The fraction of sp³-hybridized carbons (Fsp3) is 0.381. The zero-order chi connectivity index (χ0) is 18.4. The molecular formula is C21H25NO3S. The number of thioether (sulfide) groups is 1. The Balaban J connectivity index is 1.91. The molecule has 138 valence electrons. The summed E-state index contributed by atoms with van der Waals surface area (Å²) in [5.41, 5.74) is 1.61. The van der Waals surface area contributed by atoms with Crippen LogP contribution < -0.4 is 14.4 Å². The van der Waals surface area contributed by atoms with E-state index in [0.717, 1.165) is 35.7 Å². The Hall–Kier alpha value is -2.14. The molecule has 0 unspecified atom stereocenters. The van der Waals surface area contributed by atoms with E-state index in [1.165, 1.54) is 0 Å². The molecule has 0 aromatic heterocycles. The van der Waals surface area contributed by atoms with Gasteiger partial charge in [-0.3, -0.25) is 4.79 Å². The van der Waals surface area contributed by atoms with E-state index < -0.39 is 0 Å². The van der Waals surface area contributed by atoms with Gasteiger partial charge in [0.05, 0.1) is 18.9 Å². The van der Waals surface area contributed by atoms with Crippen LogP contribution in [0, 0.1) is 0 Å². The highest BCUT2D eigenvalue weighted by Gasteiger charge is 2.23. The minimum Gasteiger partial charge on any atom is -0.490 e. The lowest BCUT2D eigenvalue weighted by molar-refractivity contribution is 0.0986. The van der Waals surface area contributed by atoms with Crippen LogP contribution in [0.1, 0.15) is 37.0 Å². The van der Waals surface area contributed by atoms with Gasteiger partial charge in [0.15, 0.2) is 11.5 Å². The van der Waals surface area contributed by atoms with Gasteiger partial charge >= 0.3 is 0 Å². The average Bonchev–Trinajstić information content (AvgIpc) is 2.89. The minimum atomic E-state index is 0.00273. The van der Waals surface area contributed by atoms with Gasteiger partial charge in [0, 0.05) is 17.0 Å². The van der Waals surface area contributed by atoms with Gasteiger partial charge in [-0.25, -0.2) is 0 Å². The Morgan fingerprint density at radius 1 is 1.12 bits per heavy atom. The molecule has 0 aliphatic carbocycles. The summed E-state index contributed by atoms with van der Waals surface area (Å²) in [6.07, 6.45) is 1.90. The highest BCUT2D eigenvalue weighted by Crippen LogP contribution is 2.35. The Morgan fingerprint density at radius 3 is 2.77 bits per heavy atom. The number of carbonyl (C=O) groups excluding carboxylic acids is 1. The van der Waals surface area contributed by atoms with Crippen molar-refractivity contribution >= 4 is 23.4 Å². The molecule has 0 N–H and O–H groups in total. The molecule has 1 aliphatic heterocycles. The molecule has 0 spiro atoms. The van der Waals surface area contributed by atoms with E-state index >= 15 is 0 Å². The quantitative estimate of drug-likeness (QED) is 0.715. The van der Waals surface area contributed by atoms with Crippen molar-refractivity contribution in [1.82, 2.24) is 0 Å². The maximum Gasteiger partial charge on any atom is 0.258 e. The van der Waals surface area contributed by atoms with Crippen LogP contribution in [0.25, 0.3) is 0 Å². The molecule has 0 bridgehead atoms. The molecule has 5 heteroatoms. The number of carbonyl (C=O) groups is 1. The van der Waals surface area contributed by atoms with E-state index in [9.17, 15) is 4.79 Å². The highest BCUT2D eigenvalue weighted by molar-refractivity contribution is 7.99. The molecule has 26 heavy (non-hydrogen) atoms. The number of rotatable bonds is 6. The van der Waals surface area contributed by atoms with Gasteiger partial charge < -0.3 is 14.4 Å². The standard InChI is InChI=1S/C21H25NO3S/c1-3-13-25-18-11-10-16(15-19(18)24-4-2)21(23)22-12-7-14-26-20-9-6-5-8-17(20)22/h5-6,8-11,15H,3-4,7,12-14H2,1-2H3. The van der Waals surface area contributed by atoms with Crippen LogP contribution in [0.3, 0.4) is 0 Å². The first-order chi connectivity index (χ1) is 12.7. The molecule has 0 atom stereocenters. The van der Waals surface area contributed by atoms with Gasteiger partial charge in [-0.1, -0.05) is 19.1 Å². The van der Waals surface area contributed by atoms with E-state index in [0.29, 0.717) is 30.3 Å². The Labute approximate surface area is 159 Å². The maximum atomic E-state index is 13.2. The van der Waals surface area contributed by atoms with Crippen LogP contribution in [-0.2, 0) is 0 Å². The summed E-state index contributed by atoms with van der Waals surface area (Å²) in [6, 6.07) is 13.6. The molecule has 0 radical (unpaired) electrons. The second-order valence-corrected chi connectivity index (χ2v) is 7.21. The van der Waals surface area contributed by atoms with E-state index in [1.807, 2.05) is 53.9 Å². The molecule has 4 nitrogen and oxygen atoms in total. The Bertz CT molecular complexity index is 763. The highest BCUT2D eigenvalue weighted by atomic mass is 32.2. The number of ether oxygens (including phenoxy) is 2. The predicted octanol–water partition coefficient (Wildman–Crippen LogP) is 5.02. The van der Waals surface area contributed by atoms with E-state index in [-0.39, 0.29) is 5.91 Å². The summed E-state index contributed by atoms with van der Waals surface area (Å²) in [6.45, 7) is 5.88. The van der Waals surface area contributed by atoms with Gasteiger partial charge in [-0.15, -0.1) is 11.8 Å². The lowest BCUT2D eigenvalue weighted by Gasteiger charge is -2.23. The summed E-state index contributed by atoms with van der Waals surface area (Å²) in [5, 5.41) is 0. The van der Waals surface area contributed by atoms with E-state index in [4.69, 9.17) is 9.47 Å².